The molecule has 0 spiro atoms. The van der Waals surface area contributed by atoms with Gasteiger partial charge in [-0.3, -0.25) is 4.79 Å². The van der Waals surface area contributed by atoms with E-state index in [4.69, 9.17) is 27.9 Å². The lowest BCUT2D eigenvalue weighted by Crippen LogP contribution is -2.13. The molecular formula is C14H14Cl2N2O2. The SMILES string of the molecule is Cc1cc(OC(=O)CCl)n(Cc2ccc(C)c(Cl)c2)n1. The maximum atomic E-state index is 11.3. The molecule has 2 aromatic rings. The Hall–Kier alpha value is -1.52. The highest BCUT2D eigenvalue weighted by Crippen LogP contribution is 2.20. The van der Waals surface area contributed by atoms with Crippen LogP contribution in [0.15, 0.2) is 24.3 Å². The van der Waals surface area contributed by atoms with Crippen LogP contribution in [-0.4, -0.2) is 21.6 Å². The van der Waals surface area contributed by atoms with Crippen LogP contribution in [0.5, 0.6) is 5.88 Å². The maximum absolute atomic E-state index is 11.3. The van der Waals surface area contributed by atoms with Gasteiger partial charge in [-0.2, -0.15) is 5.10 Å². The second kappa shape index (κ2) is 6.29. The number of nitrogens with zero attached hydrogens (tertiary/aromatic N) is 2. The fraction of sp³-hybridized carbons (Fsp3) is 0.286. The van der Waals surface area contributed by atoms with Crippen LogP contribution in [-0.2, 0) is 11.3 Å². The first-order chi connectivity index (χ1) is 9.49. The Bertz CT molecular complexity index is 638. The summed E-state index contributed by atoms with van der Waals surface area (Å²) in [4.78, 5) is 11.3. The van der Waals surface area contributed by atoms with Crippen molar-refractivity contribution in [2.45, 2.75) is 20.4 Å². The first kappa shape index (κ1) is 14.9. The van der Waals surface area contributed by atoms with Gasteiger partial charge in [0.15, 0.2) is 0 Å². The molecule has 0 aliphatic carbocycles. The Balaban J connectivity index is 2.24. The summed E-state index contributed by atoms with van der Waals surface area (Å²) in [6, 6.07) is 7.48. The van der Waals surface area contributed by atoms with Gasteiger partial charge in [-0.05, 0) is 31.0 Å². The highest BCUT2D eigenvalue weighted by Gasteiger charge is 2.11. The number of esters is 1. The summed E-state index contributed by atoms with van der Waals surface area (Å²) in [5.41, 5.74) is 2.76. The number of aryl methyl sites for hydroxylation is 2. The van der Waals surface area contributed by atoms with E-state index in [0.29, 0.717) is 17.4 Å². The largest absolute Gasteiger partial charge is 0.407 e. The predicted octanol–water partition coefficient (Wildman–Crippen LogP) is 3.35. The van der Waals surface area contributed by atoms with Crippen molar-refractivity contribution in [2.75, 3.05) is 5.88 Å². The van der Waals surface area contributed by atoms with Crippen molar-refractivity contribution >= 4 is 29.2 Å². The minimum atomic E-state index is -0.505. The minimum absolute atomic E-state index is 0.194. The zero-order chi connectivity index (χ0) is 14.7. The van der Waals surface area contributed by atoms with Gasteiger partial charge in [0.05, 0.1) is 12.2 Å². The van der Waals surface area contributed by atoms with Crippen LogP contribution >= 0.6 is 23.2 Å². The number of alkyl halides is 1. The van der Waals surface area contributed by atoms with Crippen molar-refractivity contribution < 1.29 is 9.53 Å². The number of carbonyl (C=O) groups is 1. The zero-order valence-electron chi connectivity index (χ0n) is 11.2. The van der Waals surface area contributed by atoms with Crippen molar-refractivity contribution in [3.8, 4) is 5.88 Å². The Morgan fingerprint density at radius 3 is 2.75 bits per heavy atom. The number of hydrogen-bond acceptors (Lipinski definition) is 3. The molecular weight excluding hydrogens is 299 g/mol. The summed E-state index contributed by atoms with van der Waals surface area (Å²) in [5.74, 6) is -0.319. The molecule has 0 fully saturated rings. The average molecular weight is 313 g/mol. The third-order valence-electron chi connectivity index (χ3n) is 2.76. The lowest BCUT2D eigenvalue weighted by Gasteiger charge is -2.08. The Morgan fingerprint density at radius 1 is 1.35 bits per heavy atom. The molecule has 0 aliphatic rings. The highest BCUT2D eigenvalue weighted by atomic mass is 35.5. The van der Waals surface area contributed by atoms with Crippen molar-refractivity contribution in [1.29, 1.82) is 0 Å². The van der Waals surface area contributed by atoms with Crippen LogP contribution in [0.1, 0.15) is 16.8 Å². The average Bonchev–Trinajstić information content (AvgIpc) is 2.73. The van der Waals surface area contributed by atoms with Gasteiger partial charge in [0.1, 0.15) is 5.88 Å². The number of halogens is 2. The Morgan fingerprint density at radius 2 is 2.10 bits per heavy atom. The first-order valence-electron chi connectivity index (χ1n) is 6.05. The van der Waals surface area contributed by atoms with Gasteiger partial charge in [0, 0.05) is 11.1 Å². The van der Waals surface area contributed by atoms with Crippen molar-refractivity contribution in [3.05, 3.63) is 46.1 Å². The lowest BCUT2D eigenvalue weighted by molar-refractivity contribution is -0.132. The summed E-state index contributed by atoms with van der Waals surface area (Å²) >= 11 is 11.5. The normalized spacial score (nSPS) is 10.6. The van der Waals surface area contributed by atoms with E-state index in [1.165, 1.54) is 0 Å². The Kier molecular flexibility index (Phi) is 4.68. The van der Waals surface area contributed by atoms with Gasteiger partial charge in [0.25, 0.3) is 0 Å². The second-order valence-electron chi connectivity index (χ2n) is 4.47. The van der Waals surface area contributed by atoms with Crippen molar-refractivity contribution in [2.24, 2.45) is 0 Å². The molecule has 4 nitrogen and oxygen atoms in total. The van der Waals surface area contributed by atoms with Gasteiger partial charge in [-0.15, -0.1) is 11.6 Å². The standard InChI is InChI=1S/C14H14Cl2N2O2/c1-9-3-4-11(6-12(9)16)8-18-13(5-10(2)17-18)20-14(19)7-15/h3-6H,7-8H2,1-2H3. The molecule has 1 heterocycles. The van der Waals surface area contributed by atoms with E-state index >= 15 is 0 Å². The number of hydrogen-bond donors (Lipinski definition) is 0. The summed E-state index contributed by atoms with van der Waals surface area (Å²) in [6.07, 6.45) is 0. The van der Waals surface area contributed by atoms with E-state index in [1.807, 2.05) is 32.0 Å². The fourth-order valence-corrected chi connectivity index (χ4v) is 2.03. The first-order valence-corrected chi connectivity index (χ1v) is 6.97. The number of aromatic nitrogens is 2. The molecule has 0 unspecified atom stereocenters. The van der Waals surface area contributed by atoms with Crippen LogP contribution < -0.4 is 4.74 Å². The third-order valence-corrected chi connectivity index (χ3v) is 3.39. The molecule has 0 N–H and O–H groups in total. The number of rotatable bonds is 4. The summed E-state index contributed by atoms with van der Waals surface area (Å²) < 4.78 is 6.75. The molecule has 0 amide bonds. The molecule has 1 aromatic carbocycles. The summed E-state index contributed by atoms with van der Waals surface area (Å²) in [7, 11) is 0. The van der Waals surface area contributed by atoms with E-state index in [9.17, 15) is 4.79 Å². The lowest BCUT2D eigenvalue weighted by atomic mass is 10.1. The van der Waals surface area contributed by atoms with Gasteiger partial charge >= 0.3 is 5.97 Å². The van der Waals surface area contributed by atoms with Crippen LogP contribution in [0, 0.1) is 13.8 Å². The molecule has 106 valence electrons. The van der Waals surface area contributed by atoms with Crippen LogP contribution in [0.4, 0.5) is 0 Å². The van der Waals surface area contributed by atoms with Gasteiger partial charge in [0.2, 0.25) is 5.88 Å². The van der Waals surface area contributed by atoms with Crippen molar-refractivity contribution in [1.82, 2.24) is 9.78 Å². The fourth-order valence-electron chi connectivity index (χ4n) is 1.77. The topological polar surface area (TPSA) is 44.1 Å². The zero-order valence-corrected chi connectivity index (χ0v) is 12.7. The van der Waals surface area contributed by atoms with E-state index < -0.39 is 5.97 Å². The molecule has 0 radical (unpaired) electrons. The van der Waals surface area contributed by atoms with Crippen molar-refractivity contribution in [3.63, 3.8) is 0 Å². The molecule has 0 aliphatic heterocycles. The molecule has 1 aromatic heterocycles. The minimum Gasteiger partial charge on any atom is -0.407 e. The summed E-state index contributed by atoms with van der Waals surface area (Å²) in [6.45, 7) is 4.24. The number of benzene rings is 1. The molecule has 0 bridgehead atoms. The van der Waals surface area contributed by atoms with E-state index in [0.717, 1.165) is 16.8 Å². The predicted molar refractivity (Wildman–Crippen MR) is 78.6 cm³/mol. The smallest absolute Gasteiger partial charge is 0.327 e. The van der Waals surface area contributed by atoms with E-state index in [2.05, 4.69) is 5.10 Å². The quantitative estimate of drug-likeness (QED) is 0.642. The molecule has 20 heavy (non-hydrogen) atoms. The van der Waals surface area contributed by atoms with Gasteiger partial charge < -0.3 is 4.74 Å². The number of carbonyl (C=O) groups excluding carboxylic acids is 1. The highest BCUT2D eigenvalue weighted by molar-refractivity contribution is 6.31. The van der Waals surface area contributed by atoms with E-state index in [-0.39, 0.29) is 5.88 Å². The molecule has 0 saturated heterocycles. The second-order valence-corrected chi connectivity index (χ2v) is 5.15. The molecule has 0 atom stereocenters. The molecule has 2 rings (SSSR count). The molecule has 0 saturated carbocycles. The Labute approximate surface area is 127 Å². The third kappa shape index (κ3) is 3.52. The van der Waals surface area contributed by atoms with Crippen LogP contribution in [0.3, 0.4) is 0 Å². The summed E-state index contributed by atoms with van der Waals surface area (Å²) in [5, 5.41) is 5.00. The van der Waals surface area contributed by atoms with Crippen LogP contribution in [0.2, 0.25) is 5.02 Å². The molecule has 6 heteroatoms. The number of ether oxygens (including phenoxy) is 1. The van der Waals surface area contributed by atoms with Crippen LogP contribution in [0.25, 0.3) is 0 Å². The van der Waals surface area contributed by atoms with Gasteiger partial charge in [-0.1, -0.05) is 23.7 Å². The maximum Gasteiger partial charge on any atom is 0.327 e. The monoisotopic (exact) mass is 312 g/mol. The van der Waals surface area contributed by atoms with E-state index in [1.54, 1.807) is 10.7 Å². The van der Waals surface area contributed by atoms with Gasteiger partial charge in [-0.25, -0.2) is 4.68 Å².